The molecule has 0 aliphatic rings. The number of thioether (sulfide) groups is 1. The van der Waals surface area contributed by atoms with Gasteiger partial charge in [0.15, 0.2) is 5.16 Å². The summed E-state index contributed by atoms with van der Waals surface area (Å²) in [5.41, 5.74) is 2.96. The number of nitrogens with zero attached hydrogens (tertiary/aromatic N) is 3. The molecule has 0 aliphatic carbocycles. The second-order valence-electron chi connectivity index (χ2n) is 7.27. The molecule has 3 aromatic rings. The first-order valence-corrected chi connectivity index (χ1v) is 12.1. The number of halogens is 2. The maximum absolute atomic E-state index is 12.5. The van der Waals surface area contributed by atoms with Crippen molar-refractivity contribution >= 4 is 46.6 Å². The summed E-state index contributed by atoms with van der Waals surface area (Å²) in [6, 6.07) is 11.1. The van der Waals surface area contributed by atoms with E-state index in [9.17, 15) is 4.79 Å². The number of ether oxygens (including phenoxy) is 1. The molecule has 32 heavy (non-hydrogen) atoms. The van der Waals surface area contributed by atoms with E-state index >= 15 is 0 Å². The number of hydrogen-bond donors (Lipinski definition) is 1. The summed E-state index contributed by atoms with van der Waals surface area (Å²) in [6.45, 7) is 7.24. The summed E-state index contributed by atoms with van der Waals surface area (Å²) in [6.07, 6.45) is 1.47. The second-order valence-corrected chi connectivity index (χ2v) is 9.06. The predicted molar refractivity (Wildman–Crippen MR) is 131 cm³/mol. The highest BCUT2D eigenvalue weighted by Gasteiger charge is 2.14. The van der Waals surface area contributed by atoms with Crippen molar-refractivity contribution in [1.82, 2.24) is 14.8 Å². The largest absolute Gasteiger partial charge is 0.492 e. The number of aryl methyl sites for hydroxylation is 3. The molecular weight excluding hydrogens is 467 g/mol. The molecule has 1 heterocycles. The van der Waals surface area contributed by atoms with Crippen molar-refractivity contribution in [1.29, 1.82) is 0 Å². The van der Waals surface area contributed by atoms with E-state index < -0.39 is 0 Å². The zero-order valence-electron chi connectivity index (χ0n) is 18.3. The molecule has 170 valence electrons. The molecule has 0 aliphatic heterocycles. The third-order valence-electron chi connectivity index (χ3n) is 4.88. The first-order valence-electron chi connectivity index (χ1n) is 10.4. The van der Waals surface area contributed by atoms with Crippen LogP contribution in [0, 0.1) is 13.8 Å². The van der Waals surface area contributed by atoms with Gasteiger partial charge in [-0.1, -0.05) is 53.2 Å². The molecule has 0 atom stereocenters. The number of anilines is 1. The van der Waals surface area contributed by atoms with E-state index in [4.69, 9.17) is 27.9 Å². The Hall–Kier alpha value is -2.22. The van der Waals surface area contributed by atoms with Crippen LogP contribution >= 0.6 is 35.0 Å². The molecule has 6 nitrogen and oxygen atoms in total. The average molecular weight is 493 g/mol. The number of carbonyl (C=O) groups excluding carboxylic acids is 1. The zero-order chi connectivity index (χ0) is 23.1. The Labute approximate surface area is 202 Å². The normalized spacial score (nSPS) is 10.9. The van der Waals surface area contributed by atoms with Crippen LogP contribution in [0.4, 0.5) is 5.69 Å². The topological polar surface area (TPSA) is 69.0 Å². The van der Waals surface area contributed by atoms with Crippen molar-refractivity contribution in [2.24, 2.45) is 0 Å². The van der Waals surface area contributed by atoms with Gasteiger partial charge in [0.05, 0.1) is 17.4 Å². The minimum absolute atomic E-state index is 0.0622. The highest BCUT2D eigenvalue weighted by molar-refractivity contribution is 7.99. The molecule has 0 bridgehead atoms. The molecule has 3 rings (SSSR count). The highest BCUT2D eigenvalue weighted by Crippen LogP contribution is 2.27. The van der Waals surface area contributed by atoms with Crippen molar-refractivity contribution < 1.29 is 9.53 Å². The van der Waals surface area contributed by atoms with Gasteiger partial charge in [-0.2, -0.15) is 0 Å². The van der Waals surface area contributed by atoms with Crippen molar-refractivity contribution in [3.63, 3.8) is 0 Å². The van der Waals surface area contributed by atoms with Gasteiger partial charge in [0, 0.05) is 23.7 Å². The monoisotopic (exact) mass is 492 g/mol. The van der Waals surface area contributed by atoms with Crippen LogP contribution in [0.1, 0.15) is 30.3 Å². The van der Waals surface area contributed by atoms with E-state index in [1.807, 2.05) is 43.5 Å². The minimum atomic E-state index is -0.0622. The Kier molecular flexibility index (Phi) is 8.84. The summed E-state index contributed by atoms with van der Waals surface area (Å²) < 4.78 is 7.78. The fraction of sp³-hybridized carbons (Fsp3) is 0.348. The standard InChI is InChI=1S/C23H26Cl2N4O2S/c1-4-29-20(9-6-12-31-19-11-10-17(24)13-18(19)25)27-28-23(29)32-14-21(30)26-22-15(2)7-5-8-16(22)3/h5,7-8,10-11,13H,4,6,9,12,14H2,1-3H3,(H,26,30). The van der Waals surface area contributed by atoms with E-state index in [-0.39, 0.29) is 11.7 Å². The molecule has 0 saturated carbocycles. The third kappa shape index (κ3) is 6.40. The molecule has 0 spiro atoms. The number of benzene rings is 2. The average Bonchev–Trinajstić information content (AvgIpc) is 3.15. The first-order chi connectivity index (χ1) is 15.4. The molecule has 0 fully saturated rings. The Morgan fingerprint density at radius 2 is 1.91 bits per heavy atom. The van der Waals surface area contributed by atoms with E-state index in [1.165, 1.54) is 11.8 Å². The number of aromatic nitrogens is 3. The highest BCUT2D eigenvalue weighted by atomic mass is 35.5. The third-order valence-corrected chi connectivity index (χ3v) is 6.38. The number of rotatable bonds is 10. The van der Waals surface area contributed by atoms with Gasteiger partial charge in [-0.25, -0.2) is 0 Å². The Morgan fingerprint density at radius 1 is 1.16 bits per heavy atom. The van der Waals surface area contributed by atoms with Gasteiger partial charge in [-0.15, -0.1) is 10.2 Å². The van der Waals surface area contributed by atoms with Crippen molar-refractivity contribution in [2.75, 3.05) is 17.7 Å². The number of hydrogen-bond acceptors (Lipinski definition) is 5. The summed E-state index contributed by atoms with van der Waals surface area (Å²) in [4.78, 5) is 12.5. The number of para-hydroxylation sites is 1. The summed E-state index contributed by atoms with van der Waals surface area (Å²) >= 11 is 13.4. The molecule has 0 saturated heterocycles. The van der Waals surface area contributed by atoms with Crippen molar-refractivity contribution in [2.45, 2.75) is 45.3 Å². The lowest BCUT2D eigenvalue weighted by Gasteiger charge is -2.11. The van der Waals surface area contributed by atoms with Crippen LogP contribution in [-0.2, 0) is 17.8 Å². The quantitative estimate of drug-likeness (QED) is 0.279. The van der Waals surface area contributed by atoms with E-state index in [0.29, 0.717) is 28.8 Å². The fourth-order valence-electron chi connectivity index (χ4n) is 3.25. The SMILES string of the molecule is CCn1c(CCCOc2ccc(Cl)cc2Cl)nnc1SCC(=O)Nc1c(C)cccc1C. The molecule has 1 amide bonds. The summed E-state index contributed by atoms with van der Waals surface area (Å²) in [5, 5.41) is 13.4. The van der Waals surface area contributed by atoms with Crippen LogP contribution < -0.4 is 10.1 Å². The molecular formula is C23H26Cl2N4O2S. The van der Waals surface area contributed by atoms with Crippen molar-refractivity contribution in [3.05, 3.63) is 63.4 Å². The van der Waals surface area contributed by atoms with Crippen LogP contribution in [0.15, 0.2) is 41.6 Å². The molecule has 0 radical (unpaired) electrons. The number of nitrogens with one attached hydrogen (secondary N) is 1. The molecule has 0 unspecified atom stereocenters. The first kappa shape index (κ1) is 24.4. The van der Waals surface area contributed by atoms with E-state index in [1.54, 1.807) is 18.2 Å². The van der Waals surface area contributed by atoms with Gasteiger partial charge in [0.2, 0.25) is 5.91 Å². The smallest absolute Gasteiger partial charge is 0.234 e. The van der Waals surface area contributed by atoms with Gasteiger partial charge < -0.3 is 14.6 Å². The fourth-order valence-corrected chi connectivity index (χ4v) is 4.53. The lowest BCUT2D eigenvalue weighted by atomic mass is 10.1. The van der Waals surface area contributed by atoms with Crippen LogP contribution in [0.3, 0.4) is 0 Å². The maximum atomic E-state index is 12.5. The predicted octanol–water partition coefficient (Wildman–Crippen LogP) is 5.96. The van der Waals surface area contributed by atoms with Gasteiger partial charge in [0.25, 0.3) is 0 Å². The van der Waals surface area contributed by atoms with Gasteiger partial charge in [-0.05, 0) is 56.5 Å². The lowest BCUT2D eigenvalue weighted by Crippen LogP contribution is -2.16. The van der Waals surface area contributed by atoms with E-state index in [0.717, 1.165) is 40.8 Å². The van der Waals surface area contributed by atoms with Crippen LogP contribution in [0.5, 0.6) is 5.75 Å². The van der Waals surface area contributed by atoms with Gasteiger partial charge in [0.1, 0.15) is 11.6 Å². The number of amides is 1. The molecule has 1 aromatic heterocycles. The van der Waals surface area contributed by atoms with Crippen LogP contribution in [0.25, 0.3) is 0 Å². The Morgan fingerprint density at radius 3 is 2.59 bits per heavy atom. The minimum Gasteiger partial charge on any atom is -0.492 e. The molecule has 9 heteroatoms. The second kappa shape index (κ2) is 11.6. The van der Waals surface area contributed by atoms with Crippen molar-refractivity contribution in [3.8, 4) is 5.75 Å². The Balaban J connectivity index is 1.51. The molecule has 2 aromatic carbocycles. The molecule has 1 N–H and O–H groups in total. The van der Waals surface area contributed by atoms with Gasteiger partial charge >= 0.3 is 0 Å². The van der Waals surface area contributed by atoms with Crippen LogP contribution in [-0.4, -0.2) is 33.0 Å². The van der Waals surface area contributed by atoms with Crippen LogP contribution in [0.2, 0.25) is 10.0 Å². The van der Waals surface area contributed by atoms with E-state index in [2.05, 4.69) is 15.5 Å². The summed E-state index contributed by atoms with van der Waals surface area (Å²) in [7, 11) is 0. The lowest BCUT2D eigenvalue weighted by molar-refractivity contribution is -0.113. The summed E-state index contributed by atoms with van der Waals surface area (Å²) in [5.74, 6) is 1.69. The zero-order valence-corrected chi connectivity index (χ0v) is 20.7. The number of carbonyl (C=O) groups is 1. The van der Waals surface area contributed by atoms with Gasteiger partial charge in [-0.3, -0.25) is 4.79 Å². The Bertz CT molecular complexity index is 1070. The maximum Gasteiger partial charge on any atom is 0.234 e.